The summed E-state index contributed by atoms with van der Waals surface area (Å²) in [7, 11) is -2.64. The van der Waals surface area contributed by atoms with E-state index in [4.69, 9.17) is 16.3 Å². The molecule has 0 radical (unpaired) electrons. The second kappa shape index (κ2) is 14.2. The van der Waals surface area contributed by atoms with Crippen LogP contribution in [0.5, 0.6) is 5.75 Å². The smallest absolute Gasteiger partial charge is 0.264 e. The molecule has 0 spiro atoms. The van der Waals surface area contributed by atoms with Crippen LogP contribution in [0.1, 0.15) is 37.8 Å². The highest BCUT2D eigenvalue weighted by Crippen LogP contribution is 2.31. The molecule has 3 aromatic carbocycles. The van der Waals surface area contributed by atoms with Crippen LogP contribution >= 0.6 is 11.6 Å². The molecule has 0 aliphatic carbocycles. The van der Waals surface area contributed by atoms with Gasteiger partial charge in [0.2, 0.25) is 11.8 Å². The first kappa shape index (κ1) is 31.0. The van der Waals surface area contributed by atoms with Gasteiger partial charge in [-0.15, -0.1) is 0 Å². The van der Waals surface area contributed by atoms with Gasteiger partial charge in [-0.2, -0.15) is 0 Å². The molecule has 0 saturated carbocycles. The quantitative estimate of drug-likeness (QED) is 0.279. The number of para-hydroxylation sites is 1. The Morgan fingerprint density at radius 1 is 1.02 bits per heavy atom. The molecule has 3 aromatic rings. The van der Waals surface area contributed by atoms with Gasteiger partial charge in [0.05, 0.1) is 22.7 Å². The monoisotopic (exact) mass is 585 g/mol. The number of hydrogen-bond donors (Lipinski definition) is 1. The van der Waals surface area contributed by atoms with Crippen LogP contribution in [0.3, 0.4) is 0 Å². The van der Waals surface area contributed by atoms with Gasteiger partial charge in [0, 0.05) is 13.1 Å². The van der Waals surface area contributed by atoms with E-state index in [0.717, 1.165) is 28.3 Å². The van der Waals surface area contributed by atoms with E-state index in [1.54, 1.807) is 68.6 Å². The number of aryl methyl sites for hydroxylation is 1. The molecule has 1 atom stereocenters. The van der Waals surface area contributed by atoms with E-state index in [0.29, 0.717) is 12.3 Å². The van der Waals surface area contributed by atoms with Crippen LogP contribution in [-0.4, -0.2) is 51.4 Å². The van der Waals surface area contributed by atoms with E-state index in [-0.39, 0.29) is 28.1 Å². The molecule has 214 valence electrons. The minimum absolute atomic E-state index is 0.0236. The van der Waals surface area contributed by atoms with E-state index in [1.165, 1.54) is 17.0 Å². The first-order valence-electron chi connectivity index (χ1n) is 13.1. The fourth-order valence-electron chi connectivity index (χ4n) is 4.09. The Bertz CT molecular complexity index is 1410. The molecule has 0 heterocycles. The highest BCUT2D eigenvalue weighted by Gasteiger charge is 2.33. The van der Waals surface area contributed by atoms with Gasteiger partial charge in [0.15, 0.2) is 0 Å². The molecule has 0 fully saturated rings. The molecule has 10 heteroatoms. The van der Waals surface area contributed by atoms with E-state index < -0.39 is 28.5 Å². The molecule has 0 saturated heterocycles. The average Bonchev–Trinajstić information content (AvgIpc) is 2.95. The molecule has 0 unspecified atom stereocenters. The van der Waals surface area contributed by atoms with Gasteiger partial charge in [-0.1, -0.05) is 66.9 Å². The van der Waals surface area contributed by atoms with Gasteiger partial charge in [-0.3, -0.25) is 13.9 Å². The third-order valence-corrected chi connectivity index (χ3v) is 8.59. The number of ether oxygens (including phenoxy) is 1. The predicted octanol–water partition coefficient (Wildman–Crippen LogP) is 5.19. The summed E-state index contributed by atoms with van der Waals surface area (Å²) < 4.78 is 34.1. The van der Waals surface area contributed by atoms with Crippen molar-refractivity contribution in [1.29, 1.82) is 0 Å². The molecule has 8 nitrogen and oxygen atoms in total. The maximum atomic E-state index is 14.0. The van der Waals surface area contributed by atoms with Gasteiger partial charge >= 0.3 is 0 Å². The van der Waals surface area contributed by atoms with Crippen molar-refractivity contribution in [2.75, 3.05) is 24.5 Å². The van der Waals surface area contributed by atoms with Crippen molar-refractivity contribution in [2.45, 2.75) is 51.1 Å². The number of halogens is 1. The Morgan fingerprint density at radius 3 is 2.38 bits per heavy atom. The summed E-state index contributed by atoms with van der Waals surface area (Å²) in [6.07, 6.45) is 1.71. The number of nitrogens with one attached hydrogen (secondary N) is 1. The normalized spacial score (nSPS) is 11.9. The van der Waals surface area contributed by atoms with Crippen molar-refractivity contribution < 1.29 is 22.7 Å². The van der Waals surface area contributed by atoms with E-state index in [9.17, 15) is 18.0 Å². The molecule has 3 rings (SSSR count). The summed E-state index contributed by atoms with van der Waals surface area (Å²) in [6, 6.07) is 19.1. The lowest BCUT2D eigenvalue weighted by Gasteiger charge is -2.32. The van der Waals surface area contributed by atoms with Gasteiger partial charge < -0.3 is 15.0 Å². The molecule has 2 amide bonds. The van der Waals surface area contributed by atoms with Gasteiger partial charge in [-0.05, 0) is 62.2 Å². The molecule has 0 bridgehead atoms. The lowest BCUT2D eigenvalue weighted by molar-refractivity contribution is -0.139. The zero-order valence-corrected chi connectivity index (χ0v) is 24.8. The standard InChI is InChI=1S/C30H36ClN3O5S/c1-5-6-18-32-30(36)23(3)33(20-24-10-9-11-25(19-24)39-4)29(35)21-34(28-13-8-7-12-27(28)31)40(37,38)26-16-14-22(2)15-17-26/h7-17,19,23H,5-6,18,20-21H2,1-4H3,(H,32,36)/t23-/m1/s1. The summed E-state index contributed by atoms with van der Waals surface area (Å²) in [5, 5.41) is 3.05. The van der Waals surface area contributed by atoms with Crippen molar-refractivity contribution >= 4 is 39.1 Å². The summed E-state index contributed by atoms with van der Waals surface area (Å²) in [6.45, 7) is 5.50. The molecular weight excluding hydrogens is 550 g/mol. The van der Waals surface area contributed by atoms with E-state index in [1.807, 2.05) is 19.9 Å². The zero-order chi connectivity index (χ0) is 29.3. The maximum Gasteiger partial charge on any atom is 0.264 e. The van der Waals surface area contributed by atoms with Crippen molar-refractivity contribution in [3.05, 3.63) is 88.9 Å². The van der Waals surface area contributed by atoms with Crippen LogP contribution < -0.4 is 14.4 Å². The summed E-state index contributed by atoms with van der Waals surface area (Å²) in [4.78, 5) is 28.4. The van der Waals surface area contributed by atoms with Crippen LogP contribution in [0.4, 0.5) is 5.69 Å². The van der Waals surface area contributed by atoms with Crippen LogP contribution in [0, 0.1) is 6.92 Å². The second-order valence-corrected chi connectivity index (χ2v) is 11.7. The largest absolute Gasteiger partial charge is 0.497 e. The lowest BCUT2D eigenvalue weighted by atomic mass is 10.1. The molecular formula is C30H36ClN3O5S. The van der Waals surface area contributed by atoms with Crippen LogP contribution in [-0.2, 0) is 26.2 Å². The third-order valence-electron chi connectivity index (χ3n) is 6.49. The van der Waals surface area contributed by atoms with Crippen molar-refractivity contribution in [2.24, 2.45) is 0 Å². The summed E-state index contributed by atoms with van der Waals surface area (Å²) in [5.74, 6) is -0.281. The number of benzene rings is 3. The first-order valence-corrected chi connectivity index (χ1v) is 14.9. The maximum absolute atomic E-state index is 14.0. The van der Waals surface area contributed by atoms with E-state index in [2.05, 4.69) is 5.32 Å². The lowest BCUT2D eigenvalue weighted by Crippen LogP contribution is -2.51. The van der Waals surface area contributed by atoms with Crippen molar-refractivity contribution in [1.82, 2.24) is 10.2 Å². The van der Waals surface area contributed by atoms with Crippen LogP contribution in [0.15, 0.2) is 77.7 Å². The number of methoxy groups -OCH3 is 1. The van der Waals surface area contributed by atoms with E-state index >= 15 is 0 Å². The van der Waals surface area contributed by atoms with Gasteiger partial charge in [0.25, 0.3) is 10.0 Å². The number of anilines is 1. The Hall–Kier alpha value is -3.56. The molecule has 0 aromatic heterocycles. The fraction of sp³-hybridized carbons (Fsp3) is 0.333. The Morgan fingerprint density at radius 2 is 1.73 bits per heavy atom. The molecule has 1 N–H and O–H groups in total. The van der Waals surface area contributed by atoms with Crippen molar-refractivity contribution in [3.63, 3.8) is 0 Å². The Kier molecular flexibility index (Phi) is 11.0. The van der Waals surface area contributed by atoms with Gasteiger partial charge in [0.1, 0.15) is 18.3 Å². The van der Waals surface area contributed by atoms with Crippen LogP contribution in [0.2, 0.25) is 5.02 Å². The topological polar surface area (TPSA) is 96.0 Å². The van der Waals surface area contributed by atoms with Crippen LogP contribution in [0.25, 0.3) is 0 Å². The molecule has 0 aliphatic rings. The Labute approximate surface area is 241 Å². The van der Waals surface area contributed by atoms with Crippen molar-refractivity contribution in [3.8, 4) is 5.75 Å². The second-order valence-electron chi connectivity index (χ2n) is 9.47. The number of nitrogens with zero attached hydrogens (tertiary/aromatic N) is 2. The number of sulfonamides is 1. The average molecular weight is 586 g/mol. The number of carbonyl (C=O) groups is 2. The first-order chi connectivity index (χ1) is 19.1. The number of carbonyl (C=O) groups excluding carboxylic acids is 2. The molecule has 40 heavy (non-hydrogen) atoms. The predicted molar refractivity (Wildman–Crippen MR) is 158 cm³/mol. The SMILES string of the molecule is CCCCNC(=O)[C@@H](C)N(Cc1cccc(OC)c1)C(=O)CN(c1ccccc1Cl)S(=O)(=O)c1ccc(C)cc1. The summed E-state index contributed by atoms with van der Waals surface area (Å²) >= 11 is 6.44. The zero-order valence-electron chi connectivity index (χ0n) is 23.3. The molecule has 0 aliphatic heterocycles. The highest BCUT2D eigenvalue weighted by atomic mass is 35.5. The minimum Gasteiger partial charge on any atom is -0.497 e. The summed E-state index contributed by atoms with van der Waals surface area (Å²) in [5.41, 5.74) is 1.79. The minimum atomic E-state index is -4.19. The fourth-order valence-corrected chi connectivity index (χ4v) is 5.81. The Balaban J connectivity index is 2.02. The van der Waals surface area contributed by atoms with Gasteiger partial charge in [-0.25, -0.2) is 8.42 Å². The number of amides is 2. The third kappa shape index (κ3) is 7.76. The highest BCUT2D eigenvalue weighted by molar-refractivity contribution is 7.92. The number of unbranched alkanes of at least 4 members (excludes halogenated alkanes) is 1. The number of rotatable bonds is 13. The number of hydrogen-bond acceptors (Lipinski definition) is 5.